The first-order chi connectivity index (χ1) is 8.97. The van der Waals surface area contributed by atoms with Crippen molar-refractivity contribution in [2.45, 2.75) is 31.7 Å². The molecule has 0 aromatic carbocycles. The number of carbonyl (C=O) groups excluding carboxylic acids is 2. The van der Waals surface area contributed by atoms with Gasteiger partial charge in [0, 0.05) is 12.3 Å². The van der Waals surface area contributed by atoms with Gasteiger partial charge in [-0.2, -0.15) is 0 Å². The summed E-state index contributed by atoms with van der Waals surface area (Å²) < 4.78 is 4.73. The molecular formula is C11H18N2O5S. The SMILES string of the molecule is CCOC(=O)CCNC(=O)N1C(C)SCC1C(=O)O. The molecule has 0 aromatic heterocycles. The number of carbonyl (C=O) groups is 3. The summed E-state index contributed by atoms with van der Waals surface area (Å²) in [5.74, 6) is -1.03. The van der Waals surface area contributed by atoms with Crippen molar-refractivity contribution in [1.82, 2.24) is 10.2 Å². The summed E-state index contributed by atoms with van der Waals surface area (Å²) in [5, 5.41) is 11.4. The maximum atomic E-state index is 11.9. The average molecular weight is 290 g/mol. The highest BCUT2D eigenvalue weighted by Crippen LogP contribution is 2.28. The van der Waals surface area contributed by atoms with E-state index >= 15 is 0 Å². The van der Waals surface area contributed by atoms with Crippen molar-refractivity contribution in [3.05, 3.63) is 0 Å². The number of thioether (sulfide) groups is 1. The van der Waals surface area contributed by atoms with E-state index in [2.05, 4.69) is 5.32 Å². The number of carboxylic acids is 1. The monoisotopic (exact) mass is 290 g/mol. The normalized spacial score (nSPS) is 22.1. The van der Waals surface area contributed by atoms with E-state index in [1.54, 1.807) is 13.8 Å². The molecule has 0 spiro atoms. The third-order valence-corrected chi connectivity index (χ3v) is 3.87. The van der Waals surface area contributed by atoms with Crippen LogP contribution in [-0.2, 0) is 14.3 Å². The van der Waals surface area contributed by atoms with Gasteiger partial charge >= 0.3 is 18.0 Å². The molecular weight excluding hydrogens is 272 g/mol. The Labute approximate surface area is 115 Å². The lowest BCUT2D eigenvalue weighted by Crippen LogP contribution is -2.49. The Hall–Kier alpha value is -1.44. The van der Waals surface area contributed by atoms with Crippen molar-refractivity contribution in [2.75, 3.05) is 18.9 Å². The quantitative estimate of drug-likeness (QED) is 0.716. The van der Waals surface area contributed by atoms with Gasteiger partial charge in [0.2, 0.25) is 0 Å². The molecule has 0 bridgehead atoms. The van der Waals surface area contributed by atoms with Crippen LogP contribution in [0.3, 0.4) is 0 Å². The van der Waals surface area contributed by atoms with Crippen molar-refractivity contribution in [3.63, 3.8) is 0 Å². The molecule has 1 rings (SSSR count). The van der Waals surface area contributed by atoms with Crippen LogP contribution in [0, 0.1) is 0 Å². The molecule has 1 aliphatic rings. The van der Waals surface area contributed by atoms with Crippen molar-refractivity contribution < 1.29 is 24.2 Å². The van der Waals surface area contributed by atoms with Gasteiger partial charge in [-0.15, -0.1) is 11.8 Å². The third-order valence-electron chi connectivity index (χ3n) is 2.65. The van der Waals surface area contributed by atoms with Crippen molar-refractivity contribution in [1.29, 1.82) is 0 Å². The van der Waals surface area contributed by atoms with Crippen LogP contribution >= 0.6 is 11.8 Å². The number of nitrogens with zero attached hydrogens (tertiary/aromatic N) is 1. The van der Waals surface area contributed by atoms with Crippen LogP contribution in [0.1, 0.15) is 20.3 Å². The largest absolute Gasteiger partial charge is 0.480 e. The van der Waals surface area contributed by atoms with E-state index in [9.17, 15) is 14.4 Å². The molecule has 19 heavy (non-hydrogen) atoms. The zero-order chi connectivity index (χ0) is 14.4. The second-order valence-electron chi connectivity index (χ2n) is 3.98. The van der Waals surface area contributed by atoms with Gasteiger partial charge < -0.3 is 15.2 Å². The molecule has 1 fully saturated rings. The number of aliphatic carboxylic acids is 1. The second-order valence-corrected chi connectivity index (χ2v) is 5.33. The van der Waals surface area contributed by atoms with Crippen molar-refractivity contribution >= 4 is 29.7 Å². The lowest BCUT2D eigenvalue weighted by atomic mass is 10.3. The standard InChI is InChI=1S/C11H18N2O5S/c1-3-18-9(14)4-5-12-11(17)13-7(2)19-6-8(13)10(15)16/h7-8H,3-6H2,1-2H3,(H,12,17)(H,15,16). The minimum atomic E-state index is -1.02. The molecule has 7 nitrogen and oxygen atoms in total. The molecule has 2 amide bonds. The summed E-state index contributed by atoms with van der Waals surface area (Å²) in [6.45, 7) is 3.92. The van der Waals surface area contributed by atoms with E-state index in [0.717, 1.165) is 0 Å². The van der Waals surface area contributed by atoms with Crippen LogP contribution in [0.4, 0.5) is 4.79 Å². The fraction of sp³-hybridized carbons (Fsp3) is 0.727. The maximum absolute atomic E-state index is 11.9. The molecule has 1 aliphatic heterocycles. The van der Waals surface area contributed by atoms with Gasteiger partial charge in [-0.3, -0.25) is 9.69 Å². The molecule has 1 heterocycles. The highest BCUT2D eigenvalue weighted by molar-refractivity contribution is 8.00. The number of amides is 2. The minimum Gasteiger partial charge on any atom is -0.480 e. The minimum absolute atomic E-state index is 0.0761. The number of hydrogen-bond donors (Lipinski definition) is 2. The topological polar surface area (TPSA) is 95.9 Å². The summed E-state index contributed by atoms with van der Waals surface area (Å²) in [5.41, 5.74) is 0. The fourth-order valence-electron chi connectivity index (χ4n) is 1.74. The molecule has 0 saturated carbocycles. The smallest absolute Gasteiger partial charge is 0.327 e. The second kappa shape index (κ2) is 7.22. The van der Waals surface area contributed by atoms with Crippen LogP contribution in [0.15, 0.2) is 0 Å². The van der Waals surface area contributed by atoms with Gasteiger partial charge in [-0.25, -0.2) is 9.59 Å². The summed E-state index contributed by atoms with van der Waals surface area (Å²) in [6, 6.07) is -1.28. The molecule has 108 valence electrons. The Balaban J connectivity index is 2.43. The third kappa shape index (κ3) is 4.30. The number of rotatable bonds is 5. The van der Waals surface area contributed by atoms with Crippen LogP contribution in [0.25, 0.3) is 0 Å². The summed E-state index contributed by atoms with van der Waals surface area (Å²) in [4.78, 5) is 35.3. The Morgan fingerprint density at radius 2 is 2.16 bits per heavy atom. The number of carboxylic acid groups (broad SMARTS) is 1. The lowest BCUT2D eigenvalue weighted by molar-refractivity contribution is -0.143. The van der Waals surface area contributed by atoms with Gasteiger partial charge in [0.25, 0.3) is 0 Å². The number of ether oxygens (including phenoxy) is 1. The Morgan fingerprint density at radius 3 is 2.74 bits per heavy atom. The van der Waals surface area contributed by atoms with Gasteiger partial charge in [0.1, 0.15) is 6.04 Å². The zero-order valence-corrected chi connectivity index (χ0v) is 11.7. The zero-order valence-electron chi connectivity index (χ0n) is 10.9. The average Bonchev–Trinajstić information content (AvgIpc) is 2.71. The Morgan fingerprint density at radius 1 is 1.47 bits per heavy atom. The van der Waals surface area contributed by atoms with Crippen LogP contribution in [0.5, 0.6) is 0 Å². The highest BCUT2D eigenvalue weighted by Gasteiger charge is 2.39. The number of hydrogen-bond acceptors (Lipinski definition) is 5. The number of urea groups is 1. The van der Waals surface area contributed by atoms with E-state index in [4.69, 9.17) is 9.84 Å². The van der Waals surface area contributed by atoms with Crippen LogP contribution in [-0.4, -0.2) is 58.3 Å². The van der Waals surface area contributed by atoms with Crippen LogP contribution < -0.4 is 5.32 Å². The van der Waals surface area contributed by atoms with Crippen LogP contribution in [0.2, 0.25) is 0 Å². The van der Waals surface area contributed by atoms with E-state index < -0.39 is 18.0 Å². The van der Waals surface area contributed by atoms with E-state index in [1.807, 2.05) is 0 Å². The van der Waals surface area contributed by atoms with Gasteiger partial charge in [0.15, 0.2) is 0 Å². The fourth-order valence-corrected chi connectivity index (χ4v) is 2.90. The first kappa shape index (κ1) is 15.6. The molecule has 8 heteroatoms. The van der Waals surface area contributed by atoms with E-state index in [0.29, 0.717) is 12.4 Å². The number of nitrogens with one attached hydrogen (secondary N) is 1. The Kier molecular flexibility index (Phi) is 5.94. The molecule has 0 radical (unpaired) electrons. The van der Waals surface area contributed by atoms with Gasteiger partial charge in [0.05, 0.1) is 18.4 Å². The first-order valence-corrected chi connectivity index (χ1v) is 7.08. The summed E-state index contributed by atoms with van der Waals surface area (Å²) in [6.07, 6.45) is 0.0761. The van der Waals surface area contributed by atoms with E-state index in [-0.39, 0.29) is 24.3 Å². The molecule has 0 aromatic rings. The predicted octanol–water partition coefficient (Wildman–Crippen LogP) is 0.497. The van der Waals surface area contributed by atoms with Crippen molar-refractivity contribution in [3.8, 4) is 0 Å². The van der Waals surface area contributed by atoms with E-state index in [1.165, 1.54) is 16.7 Å². The lowest BCUT2D eigenvalue weighted by Gasteiger charge is -2.25. The summed E-state index contributed by atoms with van der Waals surface area (Å²) >= 11 is 1.41. The molecule has 1 saturated heterocycles. The molecule has 2 N–H and O–H groups in total. The van der Waals surface area contributed by atoms with Gasteiger partial charge in [-0.1, -0.05) is 0 Å². The van der Waals surface area contributed by atoms with Gasteiger partial charge in [-0.05, 0) is 13.8 Å². The molecule has 0 aliphatic carbocycles. The maximum Gasteiger partial charge on any atom is 0.327 e. The van der Waals surface area contributed by atoms with Crippen molar-refractivity contribution in [2.24, 2.45) is 0 Å². The molecule has 2 unspecified atom stereocenters. The predicted molar refractivity (Wildman–Crippen MR) is 69.8 cm³/mol. The first-order valence-electron chi connectivity index (χ1n) is 6.03. The highest BCUT2D eigenvalue weighted by atomic mass is 32.2. The Bertz CT molecular complexity index is 363. The number of esters is 1. The molecule has 2 atom stereocenters. The summed E-state index contributed by atoms with van der Waals surface area (Å²) in [7, 11) is 0.